The van der Waals surface area contributed by atoms with Crippen molar-refractivity contribution in [1.82, 2.24) is 4.90 Å². The third kappa shape index (κ3) is 4.21. The van der Waals surface area contributed by atoms with Crippen molar-refractivity contribution >= 4 is 44.3 Å². The lowest BCUT2D eigenvalue weighted by Crippen LogP contribution is -2.40. The number of hydrogen-bond acceptors (Lipinski definition) is 6. The van der Waals surface area contributed by atoms with Crippen LogP contribution in [0.1, 0.15) is 32.5 Å². The number of primary sulfonamides is 1. The number of benzene rings is 1. The van der Waals surface area contributed by atoms with E-state index in [1.807, 2.05) is 13.0 Å². The minimum Gasteiger partial charge on any atom is -0.325 e. The number of nitrogens with zero attached hydrogens (tertiary/aromatic N) is 1. The Hall–Kier alpha value is -2.04. The van der Waals surface area contributed by atoms with Gasteiger partial charge in [0, 0.05) is 22.0 Å². The van der Waals surface area contributed by atoms with Gasteiger partial charge >= 0.3 is 0 Å². The number of carbonyl (C=O) groups is 1. The Morgan fingerprint density at radius 3 is 2.73 bits per heavy atom. The molecule has 1 amide bonds. The lowest BCUT2D eigenvalue weighted by molar-refractivity contribution is -0.117. The zero-order valence-corrected chi connectivity index (χ0v) is 19.2. The molecule has 0 aliphatic carbocycles. The van der Waals surface area contributed by atoms with E-state index in [2.05, 4.69) is 33.1 Å². The number of fused-ring (bicyclic) bond motifs is 1. The molecule has 0 saturated carbocycles. The summed E-state index contributed by atoms with van der Waals surface area (Å²) >= 11 is 3.46. The summed E-state index contributed by atoms with van der Waals surface area (Å²) in [6, 6.07) is 9.30. The van der Waals surface area contributed by atoms with E-state index in [1.165, 1.54) is 27.5 Å². The topological polar surface area (TPSA) is 92.5 Å². The van der Waals surface area contributed by atoms with E-state index in [0.29, 0.717) is 5.69 Å². The van der Waals surface area contributed by atoms with Gasteiger partial charge in [0.1, 0.15) is 0 Å². The van der Waals surface area contributed by atoms with Gasteiger partial charge in [-0.15, -0.1) is 22.7 Å². The van der Waals surface area contributed by atoms with Crippen molar-refractivity contribution in [3.05, 3.63) is 67.5 Å². The molecule has 3 aromatic rings. The average Bonchev–Trinajstić information content (AvgIpc) is 3.36. The van der Waals surface area contributed by atoms with Crippen LogP contribution in [-0.2, 0) is 21.2 Å². The van der Waals surface area contributed by atoms with Crippen molar-refractivity contribution in [3.63, 3.8) is 0 Å². The monoisotopic (exact) mass is 461 g/mol. The second-order valence-corrected chi connectivity index (χ2v) is 11.0. The van der Waals surface area contributed by atoms with Crippen LogP contribution in [0.2, 0.25) is 0 Å². The van der Waals surface area contributed by atoms with Crippen molar-refractivity contribution in [3.8, 4) is 0 Å². The largest absolute Gasteiger partial charge is 0.325 e. The molecule has 0 unspecified atom stereocenters. The summed E-state index contributed by atoms with van der Waals surface area (Å²) in [4.78, 5) is 17.7. The molecule has 158 valence electrons. The Kier molecular flexibility index (Phi) is 5.82. The quantitative estimate of drug-likeness (QED) is 0.606. The second kappa shape index (κ2) is 8.24. The molecule has 3 heterocycles. The van der Waals surface area contributed by atoms with Gasteiger partial charge < -0.3 is 5.32 Å². The maximum Gasteiger partial charge on any atom is 0.238 e. The highest BCUT2D eigenvalue weighted by Gasteiger charge is 2.31. The molecule has 1 aliphatic rings. The van der Waals surface area contributed by atoms with Gasteiger partial charge in [-0.2, -0.15) is 0 Å². The van der Waals surface area contributed by atoms with Gasteiger partial charge in [-0.05, 0) is 72.0 Å². The van der Waals surface area contributed by atoms with E-state index in [0.717, 1.165) is 24.1 Å². The molecule has 3 N–H and O–H groups in total. The zero-order chi connectivity index (χ0) is 21.5. The summed E-state index contributed by atoms with van der Waals surface area (Å²) in [5.74, 6) is -0.177. The Balaban J connectivity index is 1.58. The van der Waals surface area contributed by atoms with Crippen molar-refractivity contribution in [2.45, 2.75) is 31.2 Å². The molecule has 9 heteroatoms. The standard InChI is InChI=1S/C21H23N3O3S3/c1-13-10-15(30(22,26)27)11-17(14(13)2)23-20(25)12-24-7-5-18-16(6-9-29-18)21(24)19-4-3-8-28-19/h3-4,6,8-11,21H,5,7,12H2,1-2H3,(H,23,25)(H2,22,26,27)/t21-/m0/s1. The van der Waals surface area contributed by atoms with E-state index in [-0.39, 0.29) is 23.4 Å². The van der Waals surface area contributed by atoms with Crippen LogP contribution >= 0.6 is 22.7 Å². The van der Waals surface area contributed by atoms with E-state index in [9.17, 15) is 13.2 Å². The van der Waals surface area contributed by atoms with Crippen molar-refractivity contribution in [2.75, 3.05) is 18.4 Å². The van der Waals surface area contributed by atoms with Gasteiger partial charge in [0.15, 0.2) is 0 Å². The molecule has 0 radical (unpaired) electrons. The summed E-state index contributed by atoms with van der Waals surface area (Å²) in [5.41, 5.74) is 3.33. The number of hydrogen-bond donors (Lipinski definition) is 2. The number of rotatable bonds is 5. The van der Waals surface area contributed by atoms with E-state index in [1.54, 1.807) is 29.6 Å². The molecule has 6 nitrogen and oxygen atoms in total. The summed E-state index contributed by atoms with van der Waals surface area (Å²) in [6.45, 7) is 4.66. The van der Waals surface area contributed by atoms with Crippen LogP contribution in [-0.4, -0.2) is 32.3 Å². The Morgan fingerprint density at radius 2 is 2.03 bits per heavy atom. The number of nitrogens with one attached hydrogen (secondary N) is 1. The highest BCUT2D eigenvalue weighted by Crippen LogP contribution is 2.39. The van der Waals surface area contributed by atoms with E-state index in [4.69, 9.17) is 5.14 Å². The molecular weight excluding hydrogens is 438 g/mol. The van der Waals surface area contributed by atoms with Crippen molar-refractivity contribution in [2.24, 2.45) is 5.14 Å². The SMILES string of the molecule is Cc1cc(S(N)(=O)=O)cc(NC(=O)CN2CCc3sccc3[C@H]2c2cccs2)c1C. The molecule has 1 aromatic carbocycles. The van der Waals surface area contributed by atoms with Crippen LogP contribution in [0.5, 0.6) is 0 Å². The fourth-order valence-corrected chi connectivity index (χ4v) is 6.22. The van der Waals surface area contributed by atoms with Crippen LogP contribution in [0.15, 0.2) is 46.0 Å². The minimum absolute atomic E-state index is 0.00162. The van der Waals surface area contributed by atoms with Gasteiger partial charge in [0.2, 0.25) is 15.9 Å². The molecule has 2 aromatic heterocycles. The molecule has 1 atom stereocenters. The molecule has 1 aliphatic heterocycles. The molecule has 0 spiro atoms. The first-order valence-electron chi connectivity index (χ1n) is 9.51. The number of nitrogens with two attached hydrogens (primary N) is 1. The fourth-order valence-electron chi connectivity index (χ4n) is 3.81. The minimum atomic E-state index is -3.85. The summed E-state index contributed by atoms with van der Waals surface area (Å²) in [7, 11) is -3.85. The number of anilines is 1. The van der Waals surface area contributed by atoms with Crippen molar-refractivity contribution in [1.29, 1.82) is 0 Å². The Labute approximate surface area is 184 Å². The van der Waals surface area contributed by atoms with Gasteiger partial charge in [0.05, 0.1) is 17.5 Å². The molecule has 0 saturated heterocycles. The third-order valence-corrected chi connectivity index (χ3v) is 8.28. The van der Waals surface area contributed by atoms with Crippen molar-refractivity contribution < 1.29 is 13.2 Å². The number of amides is 1. The van der Waals surface area contributed by atoms with Gasteiger partial charge in [-0.3, -0.25) is 9.69 Å². The second-order valence-electron chi connectivity index (χ2n) is 7.44. The normalized spacial score (nSPS) is 17.0. The lowest BCUT2D eigenvalue weighted by atomic mass is 9.98. The van der Waals surface area contributed by atoms with Crippen LogP contribution in [0, 0.1) is 13.8 Å². The molecule has 4 rings (SSSR count). The van der Waals surface area contributed by atoms with Crippen LogP contribution in [0.3, 0.4) is 0 Å². The summed E-state index contributed by atoms with van der Waals surface area (Å²) in [5, 5.41) is 12.4. The molecule has 0 fully saturated rings. The number of carbonyl (C=O) groups excluding carboxylic acids is 1. The fraction of sp³-hybridized carbons (Fsp3) is 0.286. The predicted molar refractivity (Wildman–Crippen MR) is 122 cm³/mol. The highest BCUT2D eigenvalue weighted by atomic mass is 32.2. The average molecular weight is 462 g/mol. The maximum atomic E-state index is 12.9. The van der Waals surface area contributed by atoms with E-state index >= 15 is 0 Å². The molecule has 30 heavy (non-hydrogen) atoms. The summed E-state index contributed by atoms with van der Waals surface area (Å²) < 4.78 is 23.6. The maximum absolute atomic E-state index is 12.9. The summed E-state index contributed by atoms with van der Waals surface area (Å²) in [6.07, 6.45) is 0.918. The molecule has 0 bridgehead atoms. The first-order valence-corrected chi connectivity index (χ1v) is 12.8. The Bertz CT molecular complexity index is 1180. The zero-order valence-electron chi connectivity index (χ0n) is 16.7. The third-order valence-electron chi connectivity index (χ3n) is 5.47. The number of thiophene rings is 2. The molecular formula is C21H23N3O3S3. The van der Waals surface area contributed by atoms with Crippen LogP contribution in [0.4, 0.5) is 5.69 Å². The van der Waals surface area contributed by atoms with Crippen LogP contribution in [0.25, 0.3) is 0 Å². The number of aryl methyl sites for hydroxylation is 1. The lowest BCUT2D eigenvalue weighted by Gasteiger charge is -2.35. The first-order chi connectivity index (χ1) is 14.2. The van der Waals surface area contributed by atoms with E-state index < -0.39 is 10.0 Å². The Morgan fingerprint density at radius 1 is 1.23 bits per heavy atom. The van der Waals surface area contributed by atoms with Gasteiger partial charge in [0.25, 0.3) is 0 Å². The van der Waals surface area contributed by atoms with Gasteiger partial charge in [-0.25, -0.2) is 13.6 Å². The first kappa shape index (κ1) is 21.2. The van der Waals surface area contributed by atoms with Gasteiger partial charge in [-0.1, -0.05) is 6.07 Å². The predicted octanol–water partition coefficient (Wildman–Crippen LogP) is 3.66. The van der Waals surface area contributed by atoms with Crippen LogP contribution < -0.4 is 10.5 Å². The smallest absolute Gasteiger partial charge is 0.238 e. The highest BCUT2D eigenvalue weighted by molar-refractivity contribution is 7.89. The number of sulfonamides is 1.